The molecule has 1 aliphatic heterocycles. The molecule has 0 spiro atoms. The SMILES string of the molecule is C=CC(=O)N1CCC(c2ccc(C)c(Cl)c2Cl)C1. The van der Waals surface area contributed by atoms with Gasteiger partial charge in [-0.1, -0.05) is 41.9 Å². The number of rotatable bonds is 2. The van der Waals surface area contributed by atoms with E-state index in [0.29, 0.717) is 16.6 Å². The minimum atomic E-state index is -0.0215. The summed E-state index contributed by atoms with van der Waals surface area (Å²) in [5, 5.41) is 1.23. The number of hydrogen-bond donors (Lipinski definition) is 0. The van der Waals surface area contributed by atoms with Crippen LogP contribution in [0, 0.1) is 6.92 Å². The van der Waals surface area contributed by atoms with Crippen molar-refractivity contribution in [3.63, 3.8) is 0 Å². The third-order valence-electron chi connectivity index (χ3n) is 3.42. The van der Waals surface area contributed by atoms with E-state index in [-0.39, 0.29) is 11.8 Å². The first-order valence-corrected chi connectivity index (χ1v) is 6.66. The van der Waals surface area contributed by atoms with Crippen LogP contribution in [-0.2, 0) is 4.79 Å². The maximum absolute atomic E-state index is 11.5. The number of carbonyl (C=O) groups excluding carboxylic acids is 1. The van der Waals surface area contributed by atoms with Crippen LogP contribution < -0.4 is 0 Å². The van der Waals surface area contributed by atoms with E-state index >= 15 is 0 Å². The number of hydrogen-bond acceptors (Lipinski definition) is 1. The molecule has 1 fully saturated rings. The van der Waals surface area contributed by atoms with E-state index in [1.807, 2.05) is 19.1 Å². The second-order valence-corrected chi connectivity index (χ2v) is 5.33. The molecule has 4 heteroatoms. The number of aryl methyl sites for hydroxylation is 1. The third-order valence-corrected chi connectivity index (χ3v) is 4.41. The number of nitrogens with zero attached hydrogens (tertiary/aromatic N) is 1. The van der Waals surface area contributed by atoms with E-state index in [1.54, 1.807) is 4.90 Å². The Morgan fingerprint density at radius 2 is 2.17 bits per heavy atom. The zero-order valence-corrected chi connectivity index (χ0v) is 11.8. The number of carbonyl (C=O) groups is 1. The van der Waals surface area contributed by atoms with Gasteiger partial charge in [-0.05, 0) is 30.5 Å². The van der Waals surface area contributed by atoms with E-state index in [4.69, 9.17) is 23.2 Å². The van der Waals surface area contributed by atoms with Crippen molar-refractivity contribution in [1.29, 1.82) is 0 Å². The number of benzene rings is 1. The van der Waals surface area contributed by atoms with Crippen LogP contribution in [0.4, 0.5) is 0 Å². The fourth-order valence-electron chi connectivity index (χ4n) is 2.32. The van der Waals surface area contributed by atoms with Crippen molar-refractivity contribution >= 4 is 29.1 Å². The van der Waals surface area contributed by atoms with Gasteiger partial charge in [-0.25, -0.2) is 0 Å². The molecule has 0 aromatic heterocycles. The molecule has 2 nitrogen and oxygen atoms in total. The zero-order valence-electron chi connectivity index (χ0n) is 10.2. The molecule has 1 unspecified atom stereocenters. The van der Waals surface area contributed by atoms with E-state index in [1.165, 1.54) is 6.08 Å². The summed E-state index contributed by atoms with van der Waals surface area (Å²) in [4.78, 5) is 13.3. The van der Waals surface area contributed by atoms with Gasteiger partial charge in [0.05, 0.1) is 10.0 Å². The highest BCUT2D eigenvalue weighted by Crippen LogP contribution is 2.37. The maximum atomic E-state index is 11.5. The summed E-state index contributed by atoms with van der Waals surface area (Å²) >= 11 is 12.4. The molecule has 0 N–H and O–H groups in total. The van der Waals surface area contributed by atoms with Gasteiger partial charge in [-0.2, -0.15) is 0 Å². The van der Waals surface area contributed by atoms with Crippen LogP contribution in [0.25, 0.3) is 0 Å². The van der Waals surface area contributed by atoms with Gasteiger partial charge in [-0.3, -0.25) is 4.79 Å². The van der Waals surface area contributed by atoms with Gasteiger partial charge < -0.3 is 4.90 Å². The predicted octanol–water partition coefficient (Wildman–Crippen LogP) is 3.80. The number of halogens is 2. The molecule has 0 bridgehead atoms. The van der Waals surface area contributed by atoms with Crippen LogP contribution in [0.15, 0.2) is 24.8 Å². The largest absolute Gasteiger partial charge is 0.339 e. The summed E-state index contributed by atoms with van der Waals surface area (Å²) in [5.41, 5.74) is 2.01. The normalized spacial score (nSPS) is 19.1. The minimum Gasteiger partial charge on any atom is -0.339 e. The Morgan fingerprint density at radius 1 is 1.44 bits per heavy atom. The summed E-state index contributed by atoms with van der Waals surface area (Å²) in [6, 6.07) is 3.98. The van der Waals surface area contributed by atoms with Crippen LogP contribution in [0.3, 0.4) is 0 Å². The van der Waals surface area contributed by atoms with Crippen LogP contribution >= 0.6 is 23.2 Å². The molecule has 0 aliphatic carbocycles. The van der Waals surface area contributed by atoms with Crippen molar-refractivity contribution in [3.05, 3.63) is 46.0 Å². The molecule has 1 saturated heterocycles. The smallest absolute Gasteiger partial charge is 0.245 e. The Balaban J connectivity index is 2.22. The average Bonchev–Trinajstić information content (AvgIpc) is 2.84. The molecule has 1 amide bonds. The second kappa shape index (κ2) is 5.33. The molecule has 1 aromatic carbocycles. The molecule has 0 saturated carbocycles. The van der Waals surface area contributed by atoms with Gasteiger partial charge in [-0.15, -0.1) is 0 Å². The lowest BCUT2D eigenvalue weighted by atomic mass is 9.97. The monoisotopic (exact) mass is 283 g/mol. The average molecular weight is 284 g/mol. The van der Waals surface area contributed by atoms with Crippen molar-refractivity contribution in [2.24, 2.45) is 0 Å². The topological polar surface area (TPSA) is 20.3 Å². The summed E-state index contributed by atoms with van der Waals surface area (Å²) in [6.07, 6.45) is 2.27. The van der Waals surface area contributed by atoms with Crippen LogP contribution in [-0.4, -0.2) is 23.9 Å². The van der Waals surface area contributed by atoms with Gasteiger partial charge in [0.1, 0.15) is 0 Å². The molecule has 2 rings (SSSR count). The van der Waals surface area contributed by atoms with Crippen molar-refractivity contribution in [2.45, 2.75) is 19.3 Å². The molecule has 1 heterocycles. The van der Waals surface area contributed by atoms with Crippen molar-refractivity contribution in [1.82, 2.24) is 4.90 Å². The maximum Gasteiger partial charge on any atom is 0.245 e. The molecule has 1 atom stereocenters. The first kappa shape index (κ1) is 13.4. The van der Waals surface area contributed by atoms with Crippen LogP contribution in [0.2, 0.25) is 10.0 Å². The Hall–Kier alpha value is -0.990. The zero-order chi connectivity index (χ0) is 13.3. The van der Waals surface area contributed by atoms with E-state index < -0.39 is 0 Å². The summed E-state index contributed by atoms with van der Waals surface area (Å²) < 4.78 is 0. The lowest BCUT2D eigenvalue weighted by molar-refractivity contribution is -0.125. The van der Waals surface area contributed by atoms with Gasteiger partial charge in [0.15, 0.2) is 0 Å². The first-order chi connectivity index (χ1) is 8.54. The quantitative estimate of drug-likeness (QED) is 0.756. The van der Waals surface area contributed by atoms with E-state index in [2.05, 4.69) is 6.58 Å². The van der Waals surface area contributed by atoms with Gasteiger partial charge in [0, 0.05) is 19.0 Å². The number of amides is 1. The molecular weight excluding hydrogens is 269 g/mol. The summed E-state index contributed by atoms with van der Waals surface area (Å²) in [5.74, 6) is 0.242. The molecule has 18 heavy (non-hydrogen) atoms. The Kier molecular flexibility index (Phi) is 3.98. The Bertz CT molecular complexity index is 499. The molecule has 1 aliphatic rings. The highest BCUT2D eigenvalue weighted by atomic mass is 35.5. The Labute approximate surface area is 117 Å². The fourth-order valence-corrected chi connectivity index (χ4v) is 2.86. The highest BCUT2D eigenvalue weighted by molar-refractivity contribution is 6.43. The van der Waals surface area contributed by atoms with Gasteiger partial charge in [0.25, 0.3) is 0 Å². The first-order valence-electron chi connectivity index (χ1n) is 5.90. The highest BCUT2D eigenvalue weighted by Gasteiger charge is 2.28. The number of likely N-dealkylation sites (tertiary alicyclic amines) is 1. The molecule has 0 radical (unpaired) electrons. The van der Waals surface area contributed by atoms with E-state index in [9.17, 15) is 4.79 Å². The second-order valence-electron chi connectivity index (χ2n) is 4.57. The summed E-state index contributed by atoms with van der Waals surface area (Å²) in [6.45, 7) is 6.87. The standard InChI is InChI=1S/C14H15Cl2NO/c1-3-12(18)17-7-6-10(8-17)11-5-4-9(2)13(15)14(11)16/h3-5,10H,1,6-8H2,2H3. The summed E-state index contributed by atoms with van der Waals surface area (Å²) in [7, 11) is 0. The fraction of sp³-hybridized carbons (Fsp3) is 0.357. The molecule has 96 valence electrons. The van der Waals surface area contributed by atoms with Crippen molar-refractivity contribution in [2.75, 3.05) is 13.1 Å². The van der Waals surface area contributed by atoms with E-state index in [0.717, 1.165) is 24.1 Å². The lowest BCUT2D eigenvalue weighted by Crippen LogP contribution is -2.26. The van der Waals surface area contributed by atoms with Gasteiger partial charge >= 0.3 is 0 Å². The van der Waals surface area contributed by atoms with Crippen LogP contribution in [0.1, 0.15) is 23.5 Å². The molecule has 1 aromatic rings. The lowest BCUT2D eigenvalue weighted by Gasteiger charge is -2.16. The minimum absolute atomic E-state index is 0.0215. The third kappa shape index (κ3) is 2.40. The molecular formula is C14H15Cl2NO. The van der Waals surface area contributed by atoms with Crippen LogP contribution in [0.5, 0.6) is 0 Å². The Morgan fingerprint density at radius 3 is 2.83 bits per heavy atom. The van der Waals surface area contributed by atoms with Crippen molar-refractivity contribution in [3.8, 4) is 0 Å². The van der Waals surface area contributed by atoms with Crippen molar-refractivity contribution < 1.29 is 4.79 Å². The van der Waals surface area contributed by atoms with Gasteiger partial charge in [0.2, 0.25) is 5.91 Å². The predicted molar refractivity (Wildman–Crippen MR) is 75.3 cm³/mol.